The van der Waals surface area contributed by atoms with Crippen LogP contribution in [-0.4, -0.2) is 6.61 Å². The summed E-state index contributed by atoms with van der Waals surface area (Å²) in [6, 6.07) is 13.9. The van der Waals surface area contributed by atoms with Crippen LogP contribution in [0.4, 0.5) is 10.1 Å². The number of halogens is 2. The second-order valence-corrected chi connectivity index (χ2v) is 4.93. The molecule has 0 aliphatic heterocycles. The summed E-state index contributed by atoms with van der Waals surface area (Å²) in [5.41, 5.74) is 1.83. The van der Waals surface area contributed by atoms with E-state index in [1.54, 1.807) is 12.1 Å². The minimum Gasteiger partial charge on any atom is -0.479 e. The second kappa shape index (κ2) is 6.92. The van der Waals surface area contributed by atoms with Gasteiger partial charge in [0.2, 0.25) is 0 Å². The third kappa shape index (κ3) is 3.97. The Morgan fingerprint density at radius 3 is 2.85 bits per heavy atom. The van der Waals surface area contributed by atoms with E-state index in [-0.39, 0.29) is 12.4 Å². The van der Waals surface area contributed by atoms with Crippen molar-refractivity contribution in [1.29, 1.82) is 5.26 Å². The molecule has 0 aliphatic carbocycles. The molecular formula is C15H12BrFN2O. The molecule has 2 aromatic carbocycles. The van der Waals surface area contributed by atoms with Gasteiger partial charge in [-0.3, -0.25) is 0 Å². The van der Waals surface area contributed by atoms with Gasteiger partial charge < -0.3 is 10.1 Å². The molecule has 0 spiro atoms. The molecule has 20 heavy (non-hydrogen) atoms. The Labute approximate surface area is 125 Å². The molecule has 1 N–H and O–H groups in total. The lowest BCUT2D eigenvalue weighted by atomic mass is 10.2. The number of hydrogen-bond acceptors (Lipinski definition) is 3. The van der Waals surface area contributed by atoms with E-state index in [9.17, 15) is 4.39 Å². The number of nitrogens with one attached hydrogen (secondary N) is 1. The van der Waals surface area contributed by atoms with Gasteiger partial charge >= 0.3 is 0 Å². The fraction of sp³-hybridized carbons (Fsp3) is 0.133. The van der Waals surface area contributed by atoms with Crippen molar-refractivity contribution in [3.8, 4) is 11.8 Å². The van der Waals surface area contributed by atoms with Gasteiger partial charge in [-0.05, 0) is 51.8 Å². The van der Waals surface area contributed by atoms with Crippen molar-refractivity contribution < 1.29 is 9.13 Å². The highest BCUT2D eigenvalue weighted by Gasteiger charge is 2.02. The Morgan fingerprint density at radius 2 is 2.10 bits per heavy atom. The van der Waals surface area contributed by atoms with Gasteiger partial charge in [0.25, 0.3) is 0 Å². The molecule has 0 saturated carbocycles. The number of hydrogen-bond donors (Lipinski definition) is 1. The largest absolute Gasteiger partial charge is 0.479 e. The minimum absolute atomic E-state index is 0.0282. The van der Waals surface area contributed by atoms with Crippen LogP contribution in [0.2, 0.25) is 0 Å². The summed E-state index contributed by atoms with van der Waals surface area (Å²) < 4.78 is 18.9. The van der Waals surface area contributed by atoms with Gasteiger partial charge in [-0.1, -0.05) is 12.1 Å². The van der Waals surface area contributed by atoms with Crippen LogP contribution in [0, 0.1) is 17.1 Å². The van der Waals surface area contributed by atoms with Gasteiger partial charge in [0.15, 0.2) is 6.61 Å². The number of benzene rings is 2. The molecule has 5 heteroatoms. The van der Waals surface area contributed by atoms with Crippen LogP contribution in [0.25, 0.3) is 0 Å². The van der Waals surface area contributed by atoms with Crippen LogP contribution in [0.15, 0.2) is 46.9 Å². The van der Waals surface area contributed by atoms with E-state index in [0.717, 1.165) is 11.3 Å². The first-order valence-electron chi connectivity index (χ1n) is 5.96. The van der Waals surface area contributed by atoms with Gasteiger partial charge in [0.1, 0.15) is 17.6 Å². The molecule has 2 aromatic rings. The predicted octanol–water partition coefficient (Wildman–Crippen LogP) is 4.10. The molecule has 0 unspecified atom stereocenters. The molecule has 0 saturated heterocycles. The lowest BCUT2D eigenvalue weighted by Crippen LogP contribution is -2.01. The van der Waals surface area contributed by atoms with E-state index in [2.05, 4.69) is 21.2 Å². The van der Waals surface area contributed by atoms with Crippen LogP contribution in [0.3, 0.4) is 0 Å². The normalized spacial score (nSPS) is 9.85. The highest BCUT2D eigenvalue weighted by molar-refractivity contribution is 9.10. The topological polar surface area (TPSA) is 45.0 Å². The van der Waals surface area contributed by atoms with Gasteiger partial charge in [0.05, 0.1) is 0 Å². The first-order valence-corrected chi connectivity index (χ1v) is 6.76. The van der Waals surface area contributed by atoms with Crippen molar-refractivity contribution in [3.63, 3.8) is 0 Å². The molecule has 0 aromatic heterocycles. The molecule has 102 valence electrons. The molecule has 0 atom stereocenters. The van der Waals surface area contributed by atoms with Crippen molar-refractivity contribution in [2.24, 2.45) is 0 Å². The van der Waals surface area contributed by atoms with Crippen LogP contribution in [-0.2, 0) is 6.54 Å². The number of nitrogens with zero attached hydrogens (tertiary/aromatic N) is 1. The second-order valence-electron chi connectivity index (χ2n) is 4.07. The maximum atomic E-state index is 13.0. The Bertz CT molecular complexity index is 640. The van der Waals surface area contributed by atoms with E-state index >= 15 is 0 Å². The fourth-order valence-electron chi connectivity index (χ4n) is 1.69. The lowest BCUT2D eigenvalue weighted by Gasteiger charge is -2.10. The number of ether oxygens (including phenoxy) is 1. The van der Waals surface area contributed by atoms with Gasteiger partial charge in [-0.15, -0.1) is 0 Å². The summed E-state index contributed by atoms with van der Waals surface area (Å²) in [6.45, 7) is 0.606. The molecule has 0 aliphatic rings. The van der Waals surface area contributed by atoms with Crippen LogP contribution in [0.5, 0.6) is 5.75 Å². The molecule has 0 heterocycles. The maximum Gasteiger partial charge on any atom is 0.174 e. The smallest absolute Gasteiger partial charge is 0.174 e. The van der Waals surface area contributed by atoms with Crippen molar-refractivity contribution in [2.75, 3.05) is 11.9 Å². The lowest BCUT2D eigenvalue weighted by molar-refractivity contribution is 0.368. The van der Waals surface area contributed by atoms with Crippen LogP contribution >= 0.6 is 15.9 Å². The average molecular weight is 335 g/mol. The number of nitriles is 1. The van der Waals surface area contributed by atoms with Crippen LogP contribution in [0.1, 0.15) is 5.56 Å². The fourth-order valence-corrected chi connectivity index (χ4v) is 2.18. The third-order valence-corrected chi connectivity index (χ3v) is 3.27. The number of rotatable bonds is 5. The van der Waals surface area contributed by atoms with Crippen molar-refractivity contribution in [1.82, 2.24) is 0 Å². The van der Waals surface area contributed by atoms with E-state index < -0.39 is 0 Å². The Morgan fingerprint density at radius 1 is 1.25 bits per heavy atom. The Kier molecular flexibility index (Phi) is 4.97. The average Bonchev–Trinajstić information content (AvgIpc) is 2.45. The summed E-state index contributed by atoms with van der Waals surface area (Å²) in [6.07, 6.45) is 0. The summed E-state index contributed by atoms with van der Waals surface area (Å²) in [5.74, 6) is 0.373. The maximum absolute atomic E-state index is 13.0. The van der Waals surface area contributed by atoms with Crippen molar-refractivity contribution in [3.05, 3.63) is 58.3 Å². The predicted molar refractivity (Wildman–Crippen MR) is 79.0 cm³/mol. The molecule has 0 bridgehead atoms. The SMILES string of the molecule is N#CCOc1cccc(CNc2ccc(F)cc2Br)c1. The summed E-state index contributed by atoms with van der Waals surface area (Å²) in [7, 11) is 0. The molecular weight excluding hydrogens is 323 g/mol. The first-order chi connectivity index (χ1) is 9.69. The van der Waals surface area contributed by atoms with E-state index in [0.29, 0.717) is 16.8 Å². The molecule has 3 nitrogen and oxygen atoms in total. The van der Waals surface area contributed by atoms with Gasteiger partial charge in [-0.2, -0.15) is 5.26 Å². The standard InChI is InChI=1S/C15H12BrFN2O/c16-14-9-12(17)4-5-15(14)19-10-11-2-1-3-13(8-11)20-7-6-18/h1-5,8-9,19H,7,10H2. The van der Waals surface area contributed by atoms with Crippen molar-refractivity contribution >= 4 is 21.6 Å². The van der Waals surface area contributed by atoms with Gasteiger partial charge in [-0.25, -0.2) is 4.39 Å². The van der Waals surface area contributed by atoms with Gasteiger partial charge in [0, 0.05) is 16.7 Å². The highest BCUT2D eigenvalue weighted by Crippen LogP contribution is 2.24. The molecule has 2 rings (SSSR count). The van der Waals surface area contributed by atoms with Crippen LogP contribution < -0.4 is 10.1 Å². The summed E-state index contributed by atoms with van der Waals surface area (Å²) >= 11 is 3.31. The Hall–Kier alpha value is -2.06. The zero-order valence-electron chi connectivity index (χ0n) is 10.6. The van der Waals surface area contributed by atoms with E-state index in [1.165, 1.54) is 12.1 Å². The first kappa shape index (κ1) is 14.4. The third-order valence-electron chi connectivity index (χ3n) is 2.62. The highest BCUT2D eigenvalue weighted by atomic mass is 79.9. The quantitative estimate of drug-likeness (QED) is 0.895. The molecule has 0 fully saturated rings. The summed E-state index contributed by atoms with van der Waals surface area (Å²) in [4.78, 5) is 0. The zero-order valence-corrected chi connectivity index (χ0v) is 12.2. The minimum atomic E-state index is -0.283. The monoisotopic (exact) mass is 334 g/mol. The molecule has 0 radical (unpaired) electrons. The number of anilines is 1. The zero-order chi connectivity index (χ0) is 14.4. The van der Waals surface area contributed by atoms with Crippen molar-refractivity contribution in [2.45, 2.75) is 6.54 Å². The summed E-state index contributed by atoms with van der Waals surface area (Å²) in [5, 5.41) is 11.7. The van der Waals surface area contributed by atoms with E-state index in [4.69, 9.17) is 10.00 Å². The Balaban J connectivity index is 2.01. The van der Waals surface area contributed by atoms with E-state index in [1.807, 2.05) is 24.3 Å². The molecule has 0 amide bonds.